The number of H-pyrrole nitrogens is 1. The van der Waals surface area contributed by atoms with E-state index in [4.69, 9.17) is 22.1 Å². The Kier molecular flexibility index (Phi) is 14.8. The average Bonchev–Trinajstić information content (AvgIpc) is 4.01. The summed E-state index contributed by atoms with van der Waals surface area (Å²) >= 11 is 6.89. The summed E-state index contributed by atoms with van der Waals surface area (Å²) in [6, 6.07) is 12.8. The molecular weight excluding hydrogens is 947 g/mol. The highest BCUT2D eigenvalue weighted by Gasteiger charge is 2.44. The number of aromatic nitrogens is 3. The Balaban J connectivity index is 0.897. The van der Waals surface area contributed by atoms with Crippen LogP contribution in [0.25, 0.3) is 21.9 Å². The van der Waals surface area contributed by atoms with Crippen LogP contribution >= 0.6 is 19.2 Å². The van der Waals surface area contributed by atoms with E-state index in [9.17, 15) is 52.7 Å². The molecule has 3 aromatic carbocycles. The van der Waals surface area contributed by atoms with E-state index in [0.717, 1.165) is 17.5 Å². The topological polar surface area (TPSA) is 294 Å². The van der Waals surface area contributed by atoms with Crippen molar-refractivity contribution >= 4 is 82.1 Å². The number of primary amides is 1. The average molecular weight is 1000 g/mol. The Morgan fingerprint density at radius 2 is 1.73 bits per heavy atom. The molecule has 370 valence electrons. The van der Waals surface area contributed by atoms with Crippen LogP contribution < -0.4 is 32.1 Å². The van der Waals surface area contributed by atoms with Gasteiger partial charge in [-0.2, -0.15) is 0 Å². The predicted octanol–water partition coefficient (Wildman–Crippen LogP) is 3.81. The Labute approximate surface area is 405 Å². The summed E-state index contributed by atoms with van der Waals surface area (Å²) in [6.45, 7) is -0.0678. The predicted molar refractivity (Wildman–Crippen MR) is 256 cm³/mol. The highest BCUT2D eigenvalue weighted by molar-refractivity contribution is 7.70. The van der Waals surface area contributed by atoms with E-state index in [1.54, 1.807) is 24.1 Å². The molecule has 8 rings (SSSR count). The first-order valence-corrected chi connectivity index (χ1v) is 25.3. The molecule has 3 aliphatic rings. The Hall–Kier alpha value is -6.60. The molecule has 0 saturated carbocycles. The van der Waals surface area contributed by atoms with E-state index in [0.29, 0.717) is 84.1 Å². The van der Waals surface area contributed by atoms with Crippen LogP contribution in [0.3, 0.4) is 0 Å². The van der Waals surface area contributed by atoms with Crippen LogP contribution in [0.2, 0.25) is 5.02 Å². The molecule has 3 saturated heterocycles. The third-order valence-corrected chi connectivity index (χ3v) is 14.7. The minimum absolute atomic E-state index is 0.0528. The zero-order valence-corrected chi connectivity index (χ0v) is 39.9. The van der Waals surface area contributed by atoms with E-state index in [2.05, 4.69) is 20.9 Å². The SMILES string of the molecule is Cn1c(=O)n(C2CCC(=O)NC2=O)c2ccc(CCCc3cccc(OC[C@H](CCC(N)=O)NC(=O)[C@@H]4CC[C@@H]5CCCCC(NC(=O)c6cc7cc(C(=O)P(=O)(O)O)ccc7[nH]6)C(=O)N54)c3Cl)cc21. The van der Waals surface area contributed by atoms with Gasteiger partial charge in [0.05, 0.1) is 22.1 Å². The van der Waals surface area contributed by atoms with Gasteiger partial charge >= 0.3 is 13.3 Å². The van der Waals surface area contributed by atoms with Gasteiger partial charge < -0.3 is 40.8 Å². The highest BCUT2D eigenvalue weighted by atomic mass is 35.5. The summed E-state index contributed by atoms with van der Waals surface area (Å²) < 4.78 is 20.7. The van der Waals surface area contributed by atoms with Crippen molar-refractivity contribution in [2.45, 2.75) is 114 Å². The van der Waals surface area contributed by atoms with Crippen LogP contribution in [0.5, 0.6) is 5.75 Å². The molecule has 2 unspecified atom stereocenters. The number of hydrogen-bond acceptors (Lipinski definition) is 10. The number of piperidine rings is 1. The molecule has 5 aromatic rings. The molecule has 0 radical (unpaired) electrons. The molecule has 2 aromatic heterocycles. The first-order chi connectivity index (χ1) is 33.4. The third-order valence-electron chi connectivity index (χ3n) is 13.5. The molecule has 5 heterocycles. The number of carbonyl (C=O) groups is 7. The smallest absolute Gasteiger partial charge is 0.396 e. The molecule has 0 bridgehead atoms. The summed E-state index contributed by atoms with van der Waals surface area (Å²) in [5.41, 5.74) is 7.15. The van der Waals surface area contributed by atoms with Gasteiger partial charge in [0.1, 0.15) is 36.2 Å². The van der Waals surface area contributed by atoms with Crippen LogP contribution in [0.4, 0.5) is 0 Å². The molecule has 5 atom stereocenters. The fourth-order valence-electron chi connectivity index (χ4n) is 9.85. The molecule has 70 heavy (non-hydrogen) atoms. The van der Waals surface area contributed by atoms with Crippen LogP contribution in [-0.4, -0.2) is 101 Å². The monoisotopic (exact) mass is 1000 g/mol. The standard InChI is InChI=1S/C48H54ClN8O12P/c1-55-38-22-26(12-17-35(38)57(48(55)65)37-19-21-41(59)54-45(37)62)6-4-7-27-8-5-11-39(42(27)49)69-25-30(14-20-40(50)58)51-44(61)36-18-15-31-9-2-3-10-33(46(63)56(31)36)53-43(60)34-24-29-23-28(13-16-32(29)52-34)47(64)70(66,67)68/h5,8,11-13,16-17,22-24,30-31,33,36-37,52H,2-4,6-7,9-10,14-15,18-21,25H2,1H3,(H2,50,58)(H,51,61)(H,53,60)(H,54,59,62)(H2,66,67,68)/t30-,31-,33?,36-,37?/m0/s1. The van der Waals surface area contributed by atoms with Crippen LogP contribution in [0, 0.1) is 0 Å². The van der Waals surface area contributed by atoms with Gasteiger partial charge in [0, 0.05) is 42.4 Å². The first kappa shape index (κ1) is 49.8. The number of benzene rings is 3. The molecule has 0 aliphatic carbocycles. The van der Waals surface area contributed by atoms with Gasteiger partial charge in [-0.3, -0.25) is 52.6 Å². The van der Waals surface area contributed by atoms with E-state index in [1.807, 2.05) is 24.3 Å². The van der Waals surface area contributed by atoms with Crippen molar-refractivity contribution < 1.29 is 52.7 Å². The lowest BCUT2D eigenvalue weighted by molar-refractivity contribution is -0.143. The number of hydrogen-bond donors (Lipinski definition) is 7. The molecule has 3 aliphatic heterocycles. The van der Waals surface area contributed by atoms with Crippen LogP contribution in [0.15, 0.2) is 65.5 Å². The molecule has 6 amide bonds. The maximum atomic E-state index is 14.3. The van der Waals surface area contributed by atoms with Crippen molar-refractivity contribution in [3.8, 4) is 5.75 Å². The number of rotatable bonds is 17. The number of halogens is 1. The largest absolute Gasteiger partial charge is 0.490 e. The lowest BCUT2D eigenvalue weighted by Gasteiger charge is -2.35. The molecule has 0 spiro atoms. The number of aromatic amines is 1. The van der Waals surface area contributed by atoms with E-state index in [1.165, 1.54) is 33.4 Å². The van der Waals surface area contributed by atoms with Gasteiger partial charge in [-0.15, -0.1) is 0 Å². The van der Waals surface area contributed by atoms with Crippen molar-refractivity contribution in [3.05, 3.63) is 98.6 Å². The van der Waals surface area contributed by atoms with Gasteiger partial charge in [-0.25, -0.2) is 4.79 Å². The van der Waals surface area contributed by atoms with Crippen LogP contribution in [0.1, 0.15) is 109 Å². The number of nitrogens with zero attached hydrogens (tertiary/aromatic N) is 3. The molecular formula is C48H54ClN8O12P. The lowest BCUT2D eigenvalue weighted by atomic mass is 9.98. The second-order valence-corrected chi connectivity index (χ2v) is 20.1. The van der Waals surface area contributed by atoms with E-state index < -0.39 is 66.8 Å². The van der Waals surface area contributed by atoms with Crippen molar-refractivity contribution in [2.24, 2.45) is 12.8 Å². The van der Waals surface area contributed by atoms with Gasteiger partial charge in [0.2, 0.25) is 29.5 Å². The quantitative estimate of drug-likeness (QED) is 0.0517. The zero-order chi connectivity index (χ0) is 50.0. The Bertz CT molecular complexity index is 3030. The summed E-state index contributed by atoms with van der Waals surface area (Å²) in [5.74, 6) is -2.53. The Morgan fingerprint density at radius 3 is 2.49 bits per heavy atom. The van der Waals surface area contributed by atoms with Gasteiger partial charge in [-0.1, -0.05) is 42.6 Å². The molecule has 20 nitrogen and oxygen atoms in total. The molecule has 8 N–H and O–H groups in total. The Morgan fingerprint density at radius 1 is 0.943 bits per heavy atom. The van der Waals surface area contributed by atoms with Crippen LogP contribution in [-0.2, 0) is 48.4 Å². The van der Waals surface area contributed by atoms with Gasteiger partial charge in [-0.05, 0) is 111 Å². The minimum Gasteiger partial charge on any atom is -0.490 e. The van der Waals surface area contributed by atoms with Gasteiger partial charge in [0.15, 0.2) is 0 Å². The van der Waals surface area contributed by atoms with E-state index in [-0.39, 0.29) is 61.2 Å². The molecule has 22 heteroatoms. The second-order valence-electron chi connectivity index (χ2n) is 18.2. The first-order valence-electron chi connectivity index (χ1n) is 23.3. The number of fused-ring (bicyclic) bond motifs is 3. The van der Waals surface area contributed by atoms with Crippen molar-refractivity contribution in [1.29, 1.82) is 0 Å². The second kappa shape index (κ2) is 20.8. The number of aryl methyl sites for hydroxylation is 3. The number of nitrogens with one attached hydrogen (secondary N) is 4. The molecule has 3 fully saturated rings. The van der Waals surface area contributed by atoms with E-state index >= 15 is 0 Å². The minimum atomic E-state index is -5.03. The lowest BCUT2D eigenvalue weighted by Crippen LogP contribution is -2.57. The number of nitrogens with two attached hydrogens (primary N) is 1. The number of carbonyl (C=O) groups excluding carboxylic acids is 7. The summed E-state index contributed by atoms with van der Waals surface area (Å²) in [5, 5.41) is 8.87. The third kappa shape index (κ3) is 10.7. The summed E-state index contributed by atoms with van der Waals surface area (Å²) in [4.78, 5) is 127. The number of imide groups is 1. The number of amides is 6. The summed E-state index contributed by atoms with van der Waals surface area (Å²) in [6.07, 6.45) is 5.74. The van der Waals surface area contributed by atoms with Crippen molar-refractivity contribution in [3.63, 3.8) is 0 Å². The summed E-state index contributed by atoms with van der Waals surface area (Å²) in [7, 11) is -3.39. The van der Waals surface area contributed by atoms with Gasteiger partial charge in [0.25, 0.3) is 11.4 Å². The number of ether oxygens (including phenoxy) is 1. The maximum Gasteiger partial charge on any atom is 0.396 e. The highest BCUT2D eigenvalue weighted by Crippen LogP contribution is 2.40. The number of imidazole rings is 1. The maximum absolute atomic E-state index is 14.3. The van der Waals surface area contributed by atoms with Crippen molar-refractivity contribution in [1.82, 2.24) is 35.0 Å². The normalized spacial score (nSPS) is 20.1. The fraction of sp³-hybridized carbons (Fsp3) is 0.417. The zero-order valence-electron chi connectivity index (χ0n) is 38.3. The fourth-order valence-corrected chi connectivity index (χ4v) is 10.6. The van der Waals surface area contributed by atoms with Crippen molar-refractivity contribution in [2.75, 3.05) is 6.61 Å².